The van der Waals surface area contributed by atoms with Crippen molar-refractivity contribution in [3.05, 3.63) is 11.9 Å². The van der Waals surface area contributed by atoms with Crippen molar-refractivity contribution in [1.82, 2.24) is 15.0 Å². The normalized spacial score (nSPS) is 11.0. The number of ketones is 1. The highest BCUT2D eigenvalue weighted by atomic mass is 19.1. The van der Waals surface area contributed by atoms with Crippen LogP contribution in [0.15, 0.2) is 6.20 Å². The lowest BCUT2D eigenvalue weighted by Crippen LogP contribution is -2.09. The number of carbonyl (C=O) groups is 1. The molecule has 0 atom stereocenters. The first-order valence-corrected chi connectivity index (χ1v) is 5.61. The fourth-order valence-corrected chi connectivity index (χ4v) is 1.47. The summed E-state index contributed by atoms with van der Waals surface area (Å²) in [5, 5.41) is 7.52. The summed E-state index contributed by atoms with van der Waals surface area (Å²) < 4.78 is 13.7. The molecule has 0 N–H and O–H groups in total. The molecule has 0 saturated heterocycles. The monoisotopic (exact) mass is 227 g/mol. The Labute approximate surface area is 94.8 Å². The Morgan fingerprint density at radius 2 is 2.31 bits per heavy atom. The molecule has 0 saturated carbocycles. The van der Waals surface area contributed by atoms with E-state index in [2.05, 4.69) is 10.3 Å². The number of nitrogens with zero attached hydrogens (tertiary/aromatic N) is 3. The third-order valence-corrected chi connectivity index (χ3v) is 2.49. The number of aromatic nitrogens is 3. The van der Waals surface area contributed by atoms with Crippen LogP contribution in [0.5, 0.6) is 0 Å². The summed E-state index contributed by atoms with van der Waals surface area (Å²) in [5.74, 6) is 0.360. The largest absolute Gasteiger partial charge is 0.299 e. The lowest BCUT2D eigenvalue weighted by atomic mass is 10.0. The number of rotatable bonds is 7. The van der Waals surface area contributed by atoms with Gasteiger partial charge in [-0.05, 0) is 12.8 Å². The molecule has 0 amide bonds. The summed E-state index contributed by atoms with van der Waals surface area (Å²) in [6.45, 7) is 3.60. The molecule has 0 spiro atoms. The second kappa shape index (κ2) is 6.35. The van der Waals surface area contributed by atoms with E-state index in [4.69, 9.17) is 0 Å². The summed E-state index contributed by atoms with van der Waals surface area (Å²) in [4.78, 5) is 11.4. The predicted molar refractivity (Wildman–Crippen MR) is 58.8 cm³/mol. The molecule has 0 radical (unpaired) electrons. The quantitative estimate of drug-likeness (QED) is 0.713. The SMILES string of the molecule is CC(C)C(=O)CCCc1cnnn1CCF. The van der Waals surface area contributed by atoms with Gasteiger partial charge in [0.1, 0.15) is 12.5 Å². The number of hydrogen-bond donors (Lipinski definition) is 0. The van der Waals surface area contributed by atoms with Crippen molar-refractivity contribution in [1.29, 1.82) is 0 Å². The third kappa shape index (κ3) is 3.72. The van der Waals surface area contributed by atoms with Gasteiger partial charge in [0, 0.05) is 12.3 Å². The molecule has 90 valence electrons. The lowest BCUT2D eigenvalue weighted by Gasteiger charge is -2.05. The number of aryl methyl sites for hydroxylation is 2. The summed E-state index contributed by atoms with van der Waals surface area (Å²) in [6.07, 6.45) is 3.70. The van der Waals surface area contributed by atoms with Crippen LogP contribution in [0.2, 0.25) is 0 Å². The number of halogens is 1. The first-order valence-electron chi connectivity index (χ1n) is 5.61. The smallest absolute Gasteiger partial charge is 0.135 e. The van der Waals surface area contributed by atoms with Crippen LogP contribution in [0.4, 0.5) is 4.39 Å². The van der Waals surface area contributed by atoms with Crippen LogP contribution >= 0.6 is 0 Å². The van der Waals surface area contributed by atoms with Crippen LogP contribution in [0, 0.1) is 5.92 Å². The minimum absolute atomic E-state index is 0.0916. The van der Waals surface area contributed by atoms with E-state index in [9.17, 15) is 9.18 Å². The molecule has 5 heteroatoms. The molecule has 1 aromatic heterocycles. The molecule has 0 aromatic carbocycles. The van der Waals surface area contributed by atoms with E-state index >= 15 is 0 Å². The van der Waals surface area contributed by atoms with Gasteiger partial charge < -0.3 is 0 Å². The van der Waals surface area contributed by atoms with Crippen molar-refractivity contribution in [3.63, 3.8) is 0 Å². The second-order valence-corrected chi connectivity index (χ2v) is 4.11. The summed E-state index contributed by atoms with van der Waals surface area (Å²) >= 11 is 0. The van der Waals surface area contributed by atoms with E-state index in [0.29, 0.717) is 6.42 Å². The standard InChI is InChI=1S/C11H18FN3O/c1-9(2)11(16)5-3-4-10-8-13-14-15(10)7-6-12/h8-9H,3-7H2,1-2H3. The van der Waals surface area contributed by atoms with Gasteiger partial charge in [-0.2, -0.15) is 0 Å². The third-order valence-electron chi connectivity index (χ3n) is 2.49. The minimum atomic E-state index is -0.443. The van der Waals surface area contributed by atoms with Crippen molar-refractivity contribution in [3.8, 4) is 0 Å². The number of Topliss-reactive ketones (excluding diaryl/α,β-unsaturated/α-hetero) is 1. The first kappa shape index (κ1) is 12.8. The van der Waals surface area contributed by atoms with Crippen molar-refractivity contribution in [2.75, 3.05) is 6.67 Å². The van der Waals surface area contributed by atoms with E-state index in [1.165, 1.54) is 0 Å². The second-order valence-electron chi connectivity index (χ2n) is 4.11. The van der Waals surface area contributed by atoms with E-state index in [-0.39, 0.29) is 18.2 Å². The topological polar surface area (TPSA) is 47.8 Å². The van der Waals surface area contributed by atoms with Crippen LogP contribution in [-0.2, 0) is 17.8 Å². The zero-order chi connectivity index (χ0) is 12.0. The van der Waals surface area contributed by atoms with E-state index in [1.807, 2.05) is 13.8 Å². The maximum Gasteiger partial charge on any atom is 0.135 e. The molecule has 1 rings (SSSR count). The fourth-order valence-electron chi connectivity index (χ4n) is 1.47. The Morgan fingerprint density at radius 3 is 2.94 bits per heavy atom. The van der Waals surface area contributed by atoms with Gasteiger partial charge in [0.2, 0.25) is 0 Å². The molecule has 0 bridgehead atoms. The maximum atomic E-state index is 12.1. The Kier molecular flexibility index (Phi) is 5.08. The van der Waals surface area contributed by atoms with E-state index in [1.54, 1.807) is 10.9 Å². The van der Waals surface area contributed by atoms with Crippen molar-refractivity contribution >= 4 is 5.78 Å². The van der Waals surface area contributed by atoms with Crippen molar-refractivity contribution in [2.45, 2.75) is 39.7 Å². The molecule has 0 unspecified atom stereocenters. The lowest BCUT2D eigenvalue weighted by molar-refractivity contribution is -0.121. The van der Waals surface area contributed by atoms with Gasteiger partial charge in [0.15, 0.2) is 0 Å². The number of carbonyl (C=O) groups excluding carboxylic acids is 1. The molecule has 0 aliphatic rings. The molecule has 4 nitrogen and oxygen atoms in total. The highest BCUT2D eigenvalue weighted by Crippen LogP contribution is 2.07. The van der Waals surface area contributed by atoms with E-state index < -0.39 is 6.67 Å². The first-order chi connectivity index (χ1) is 7.65. The van der Waals surface area contributed by atoms with Crippen LogP contribution in [0.25, 0.3) is 0 Å². The average Bonchev–Trinajstić information content (AvgIpc) is 2.66. The van der Waals surface area contributed by atoms with Crippen LogP contribution in [-0.4, -0.2) is 27.5 Å². The molecular formula is C11H18FN3O. The molecule has 16 heavy (non-hydrogen) atoms. The zero-order valence-corrected chi connectivity index (χ0v) is 9.82. The predicted octanol–water partition coefficient (Wildman–Crippen LogP) is 1.80. The van der Waals surface area contributed by atoms with Gasteiger partial charge in [0.25, 0.3) is 0 Å². The molecule has 1 aromatic rings. The van der Waals surface area contributed by atoms with Gasteiger partial charge in [-0.3, -0.25) is 4.79 Å². The van der Waals surface area contributed by atoms with Gasteiger partial charge in [-0.25, -0.2) is 9.07 Å². The molecule has 0 fully saturated rings. The van der Waals surface area contributed by atoms with Crippen molar-refractivity contribution in [2.24, 2.45) is 5.92 Å². The van der Waals surface area contributed by atoms with E-state index in [0.717, 1.165) is 18.5 Å². The molecular weight excluding hydrogens is 209 g/mol. The minimum Gasteiger partial charge on any atom is -0.299 e. The van der Waals surface area contributed by atoms with Gasteiger partial charge in [-0.15, -0.1) is 5.10 Å². The average molecular weight is 227 g/mol. The summed E-state index contributed by atoms with van der Waals surface area (Å²) in [6, 6.07) is 0. The van der Waals surface area contributed by atoms with Gasteiger partial charge in [-0.1, -0.05) is 19.1 Å². The fraction of sp³-hybridized carbons (Fsp3) is 0.727. The Morgan fingerprint density at radius 1 is 1.56 bits per heavy atom. The number of alkyl halides is 1. The number of hydrogen-bond acceptors (Lipinski definition) is 3. The maximum absolute atomic E-state index is 12.1. The molecule has 0 aliphatic carbocycles. The Hall–Kier alpha value is -1.26. The van der Waals surface area contributed by atoms with Gasteiger partial charge in [0.05, 0.1) is 18.4 Å². The molecule has 0 aliphatic heterocycles. The Bertz CT molecular complexity index is 336. The molecule has 1 heterocycles. The highest BCUT2D eigenvalue weighted by molar-refractivity contribution is 5.80. The van der Waals surface area contributed by atoms with Crippen LogP contribution < -0.4 is 0 Å². The summed E-state index contributed by atoms with van der Waals surface area (Å²) in [7, 11) is 0. The zero-order valence-electron chi connectivity index (χ0n) is 9.82. The van der Waals surface area contributed by atoms with Gasteiger partial charge >= 0.3 is 0 Å². The van der Waals surface area contributed by atoms with Crippen LogP contribution in [0.1, 0.15) is 32.4 Å². The summed E-state index contributed by atoms with van der Waals surface area (Å²) in [5.41, 5.74) is 0.897. The van der Waals surface area contributed by atoms with Crippen molar-refractivity contribution < 1.29 is 9.18 Å². The van der Waals surface area contributed by atoms with Crippen LogP contribution in [0.3, 0.4) is 0 Å². The Balaban J connectivity index is 2.37. The highest BCUT2D eigenvalue weighted by Gasteiger charge is 2.08.